The van der Waals surface area contributed by atoms with Gasteiger partial charge in [0.05, 0.1) is 24.4 Å². The van der Waals surface area contributed by atoms with Crippen LogP contribution in [0, 0.1) is 23.2 Å². The van der Waals surface area contributed by atoms with Crippen LogP contribution in [0.4, 0.5) is 0 Å². The Kier molecular flexibility index (Phi) is 8.31. The van der Waals surface area contributed by atoms with Gasteiger partial charge in [0.1, 0.15) is 0 Å². The van der Waals surface area contributed by atoms with Crippen LogP contribution in [-0.2, 0) is 16.9 Å². The van der Waals surface area contributed by atoms with Crippen molar-refractivity contribution < 1.29 is 20.1 Å². The lowest BCUT2D eigenvalue weighted by molar-refractivity contribution is 0.0275. The molecule has 1 aromatic rings. The molecule has 0 saturated heterocycles. The summed E-state index contributed by atoms with van der Waals surface area (Å²) in [5, 5.41) is 30.6. The molecular weight excluding hydrogens is 448 g/mol. The molecule has 0 unspecified atom stereocenters. The van der Waals surface area contributed by atoms with Crippen LogP contribution in [0.1, 0.15) is 83.8 Å². The SMILES string of the molecule is C=C1/C(=C\C=C2CCC[C@]3(C)[C@@H]([C@H](C)COCc4cccc(C(C)(C)O)c4)CC[C@@H]23)C[C@@H](O)C[C@@H]1O. The molecule has 1 aromatic carbocycles. The standard InChI is InChI=1S/C32H46O4/c1-21(19-36-20-23-8-6-10-26(16-23)31(3,4)35)28-13-14-29-24(9-7-15-32(28,29)5)11-12-25-17-27(33)18-30(34)22(25)2/h6,8,10-12,16,21,27-30,33-35H,2,7,9,13-15,17-20H2,1,3-5H3/b24-11?,25-12-/t21-,27-,28-,29+,30+,32-/m1/s1. The highest BCUT2D eigenvalue weighted by Crippen LogP contribution is 2.59. The largest absolute Gasteiger partial charge is 0.393 e. The molecule has 3 fully saturated rings. The topological polar surface area (TPSA) is 69.9 Å². The molecule has 4 rings (SSSR count). The summed E-state index contributed by atoms with van der Waals surface area (Å²) in [5.41, 5.74) is 4.74. The van der Waals surface area contributed by atoms with E-state index in [2.05, 4.69) is 38.6 Å². The summed E-state index contributed by atoms with van der Waals surface area (Å²) in [6.45, 7) is 13.9. The van der Waals surface area contributed by atoms with Crippen molar-refractivity contribution in [1.29, 1.82) is 0 Å². The van der Waals surface area contributed by atoms with Crippen LogP contribution in [0.25, 0.3) is 0 Å². The minimum absolute atomic E-state index is 0.287. The lowest BCUT2D eigenvalue weighted by Gasteiger charge is -2.44. The summed E-state index contributed by atoms with van der Waals surface area (Å²) in [7, 11) is 0. The maximum Gasteiger partial charge on any atom is 0.0840 e. The number of hydrogen-bond donors (Lipinski definition) is 3. The van der Waals surface area contributed by atoms with Crippen LogP contribution in [0.15, 0.2) is 59.7 Å². The van der Waals surface area contributed by atoms with Crippen molar-refractivity contribution in [3.8, 4) is 0 Å². The summed E-state index contributed by atoms with van der Waals surface area (Å²) < 4.78 is 6.21. The molecule has 4 nitrogen and oxygen atoms in total. The molecule has 4 heteroatoms. The number of benzene rings is 1. The summed E-state index contributed by atoms with van der Waals surface area (Å²) in [6.07, 6.45) is 10.3. The van der Waals surface area contributed by atoms with Crippen molar-refractivity contribution in [2.75, 3.05) is 6.61 Å². The van der Waals surface area contributed by atoms with E-state index in [0.717, 1.165) is 35.3 Å². The van der Waals surface area contributed by atoms with E-state index in [0.29, 0.717) is 37.2 Å². The lowest BCUT2D eigenvalue weighted by Crippen LogP contribution is -2.37. The molecule has 36 heavy (non-hydrogen) atoms. The van der Waals surface area contributed by atoms with E-state index in [4.69, 9.17) is 4.74 Å². The van der Waals surface area contributed by atoms with Gasteiger partial charge in [0.15, 0.2) is 0 Å². The highest BCUT2D eigenvalue weighted by molar-refractivity contribution is 5.38. The van der Waals surface area contributed by atoms with E-state index in [-0.39, 0.29) is 5.41 Å². The van der Waals surface area contributed by atoms with Gasteiger partial charge in [-0.05, 0) is 97.8 Å². The second-order valence-corrected chi connectivity index (χ2v) is 12.4. The van der Waals surface area contributed by atoms with Crippen molar-refractivity contribution in [3.05, 3.63) is 70.8 Å². The molecule has 0 amide bonds. The Labute approximate surface area is 217 Å². The first kappa shape index (κ1) is 27.3. The first-order valence-corrected chi connectivity index (χ1v) is 13.8. The summed E-state index contributed by atoms with van der Waals surface area (Å²) in [5.74, 6) is 1.71. The van der Waals surface area contributed by atoms with Gasteiger partial charge in [0.25, 0.3) is 0 Å². The predicted octanol–water partition coefficient (Wildman–Crippen LogP) is 6.21. The monoisotopic (exact) mass is 494 g/mol. The van der Waals surface area contributed by atoms with Gasteiger partial charge in [0, 0.05) is 13.0 Å². The van der Waals surface area contributed by atoms with E-state index >= 15 is 0 Å². The van der Waals surface area contributed by atoms with Gasteiger partial charge in [-0.2, -0.15) is 0 Å². The van der Waals surface area contributed by atoms with E-state index in [1.165, 1.54) is 31.3 Å². The maximum atomic E-state index is 10.3. The quantitative estimate of drug-likeness (QED) is 0.422. The Morgan fingerprint density at radius 1 is 1.22 bits per heavy atom. The average molecular weight is 495 g/mol. The van der Waals surface area contributed by atoms with Gasteiger partial charge < -0.3 is 20.1 Å². The number of rotatable bonds is 7. The van der Waals surface area contributed by atoms with Crippen molar-refractivity contribution >= 4 is 0 Å². The third-order valence-corrected chi connectivity index (χ3v) is 9.27. The molecule has 0 heterocycles. The van der Waals surface area contributed by atoms with Crippen LogP contribution >= 0.6 is 0 Å². The van der Waals surface area contributed by atoms with E-state index in [1.54, 1.807) is 0 Å². The van der Waals surface area contributed by atoms with Crippen molar-refractivity contribution in [1.82, 2.24) is 0 Å². The fraction of sp³-hybridized carbons (Fsp3) is 0.625. The van der Waals surface area contributed by atoms with Gasteiger partial charge in [-0.15, -0.1) is 0 Å². The summed E-state index contributed by atoms with van der Waals surface area (Å²) in [6, 6.07) is 8.07. The number of fused-ring (bicyclic) bond motifs is 1. The van der Waals surface area contributed by atoms with E-state index in [9.17, 15) is 15.3 Å². The zero-order chi connectivity index (χ0) is 26.1. The Hall–Kier alpha value is -1.72. The molecule has 3 aliphatic rings. The Morgan fingerprint density at radius 3 is 2.75 bits per heavy atom. The van der Waals surface area contributed by atoms with E-state index in [1.807, 2.05) is 32.0 Å². The van der Waals surface area contributed by atoms with E-state index < -0.39 is 17.8 Å². The van der Waals surface area contributed by atoms with Crippen molar-refractivity contribution in [3.63, 3.8) is 0 Å². The molecule has 3 N–H and O–H groups in total. The zero-order valence-corrected chi connectivity index (χ0v) is 22.7. The predicted molar refractivity (Wildman–Crippen MR) is 145 cm³/mol. The van der Waals surface area contributed by atoms with Crippen LogP contribution in [0.5, 0.6) is 0 Å². The highest BCUT2D eigenvalue weighted by Gasteiger charge is 2.50. The highest BCUT2D eigenvalue weighted by atomic mass is 16.5. The Bertz CT molecular complexity index is 1000. The van der Waals surface area contributed by atoms with Gasteiger partial charge >= 0.3 is 0 Å². The molecule has 198 valence electrons. The van der Waals surface area contributed by atoms with Gasteiger partial charge in [-0.25, -0.2) is 0 Å². The maximum absolute atomic E-state index is 10.3. The van der Waals surface area contributed by atoms with Gasteiger partial charge in [-0.1, -0.05) is 62.4 Å². The Balaban J connectivity index is 1.39. The fourth-order valence-corrected chi connectivity index (χ4v) is 7.20. The normalized spacial score (nSPS) is 34.2. The number of aliphatic hydroxyl groups is 3. The molecule has 0 bridgehead atoms. The third-order valence-electron chi connectivity index (χ3n) is 9.27. The first-order chi connectivity index (χ1) is 17.0. The summed E-state index contributed by atoms with van der Waals surface area (Å²) in [4.78, 5) is 0. The minimum atomic E-state index is -0.845. The van der Waals surface area contributed by atoms with Gasteiger partial charge in [0.2, 0.25) is 0 Å². The molecule has 3 aliphatic carbocycles. The van der Waals surface area contributed by atoms with Crippen molar-refractivity contribution in [2.45, 2.75) is 97.1 Å². The molecule has 0 radical (unpaired) electrons. The third kappa shape index (κ3) is 5.88. The summed E-state index contributed by atoms with van der Waals surface area (Å²) >= 11 is 0. The molecule has 3 saturated carbocycles. The second-order valence-electron chi connectivity index (χ2n) is 12.4. The minimum Gasteiger partial charge on any atom is -0.393 e. The van der Waals surface area contributed by atoms with Crippen LogP contribution in [0.3, 0.4) is 0 Å². The zero-order valence-electron chi connectivity index (χ0n) is 22.7. The fourth-order valence-electron chi connectivity index (χ4n) is 7.20. The lowest BCUT2D eigenvalue weighted by atomic mass is 9.61. The number of allylic oxidation sites excluding steroid dienone is 3. The van der Waals surface area contributed by atoms with Crippen LogP contribution in [0.2, 0.25) is 0 Å². The number of hydrogen-bond acceptors (Lipinski definition) is 4. The Morgan fingerprint density at radius 2 is 2.00 bits per heavy atom. The molecule has 6 atom stereocenters. The molecule has 0 spiro atoms. The van der Waals surface area contributed by atoms with Crippen LogP contribution in [-0.4, -0.2) is 34.1 Å². The second kappa shape index (κ2) is 10.9. The molecule has 0 aliphatic heterocycles. The number of aliphatic hydroxyl groups excluding tert-OH is 2. The van der Waals surface area contributed by atoms with Gasteiger partial charge in [-0.3, -0.25) is 0 Å². The molecular formula is C32H46O4. The van der Waals surface area contributed by atoms with Crippen LogP contribution < -0.4 is 0 Å². The molecule has 0 aromatic heterocycles. The smallest absolute Gasteiger partial charge is 0.0840 e. The average Bonchev–Trinajstić information content (AvgIpc) is 3.17. The van der Waals surface area contributed by atoms with Crippen molar-refractivity contribution in [2.24, 2.45) is 23.2 Å². The number of ether oxygens (including phenoxy) is 1. The first-order valence-electron chi connectivity index (χ1n) is 13.8.